The van der Waals surface area contributed by atoms with Crippen molar-refractivity contribution in [2.45, 2.75) is 0 Å². The molecule has 3 nitrogen and oxygen atoms in total. The highest BCUT2D eigenvalue weighted by molar-refractivity contribution is 5.89. The molecular formula is C19H18O3. The number of para-hydroxylation sites is 1. The van der Waals surface area contributed by atoms with Crippen molar-refractivity contribution in [2.75, 3.05) is 21.3 Å². The van der Waals surface area contributed by atoms with Crippen LogP contribution in [0.25, 0.3) is 21.9 Å². The van der Waals surface area contributed by atoms with Crippen LogP contribution in [0.3, 0.4) is 0 Å². The molecule has 0 unspecified atom stereocenters. The molecule has 0 heterocycles. The Labute approximate surface area is 130 Å². The van der Waals surface area contributed by atoms with Gasteiger partial charge in [-0.2, -0.15) is 0 Å². The van der Waals surface area contributed by atoms with Crippen LogP contribution in [-0.4, -0.2) is 21.3 Å². The average molecular weight is 294 g/mol. The molecule has 0 amide bonds. The minimum atomic E-state index is 0.731. The molecule has 3 heteroatoms. The number of methoxy groups -OCH3 is 3. The topological polar surface area (TPSA) is 27.7 Å². The van der Waals surface area contributed by atoms with Crippen LogP contribution in [0, 0.1) is 0 Å². The Morgan fingerprint density at radius 1 is 0.682 bits per heavy atom. The van der Waals surface area contributed by atoms with Crippen LogP contribution < -0.4 is 14.2 Å². The number of hydrogen-bond donors (Lipinski definition) is 0. The van der Waals surface area contributed by atoms with Gasteiger partial charge in [0.1, 0.15) is 5.75 Å². The van der Waals surface area contributed by atoms with E-state index in [1.807, 2.05) is 30.3 Å². The maximum absolute atomic E-state index is 5.53. The normalized spacial score (nSPS) is 10.5. The summed E-state index contributed by atoms with van der Waals surface area (Å²) >= 11 is 0. The minimum Gasteiger partial charge on any atom is -0.497 e. The molecule has 22 heavy (non-hydrogen) atoms. The van der Waals surface area contributed by atoms with Gasteiger partial charge in [-0.15, -0.1) is 0 Å². The number of ether oxygens (including phenoxy) is 3. The van der Waals surface area contributed by atoms with Crippen molar-refractivity contribution in [1.82, 2.24) is 0 Å². The van der Waals surface area contributed by atoms with E-state index in [-0.39, 0.29) is 0 Å². The molecule has 0 bridgehead atoms. The van der Waals surface area contributed by atoms with Crippen molar-refractivity contribution in [2.24, 2.45) is 0 Å². The molecule has 0 radical (unpaired) electrons. The van der Waals surface area contributed by atoms with Crippen LogP contribution in [0.5, 0.6) is 17.2 Å². The third kappa shape index (κ3) is 2.46. The molecule has 0 saturated carbocycles. The lowest BCUT2D eigenvalue weighted by atomic mass is 10.00. The Bertz CT molecular complexity index is 809. The highest BCUT2D eigenvalue weighted by Crippen LogP contribution is 2.38. The van der Waals surface area contributed by atoms with E-state index >= 15 is 0 Å². The van der Waals surface area contributed by atoms with Crippen molar-refractivity contribution in [1.29, 1.82) is 0 Å². The van der Waals surface area contributed by atoms with E-state index in [4.69, 9.17) is 14.2 Å². The highest BCUT2D eigenvalue weighted by atomic mass is 16.5. The summed E-state index contributed by atoms with van der Waals surface area (Å²) in [4.78, 5) is 0. The van der Waals surface area contributed by atoms with Crippen LogP contribution in [0.1, 0.15) is 0 Å². The molecule has 0 saturated heterocycles. The Balaban J connectivity index is 2.14. The maximum Gasteiger partial charge on any atom is 0.168 e. The third-order valence-electron chi connectivity index (χ3n) is 3.76. The summed E-state index contributed by atoms with van der Waals surface area (Å²) in [7, 11) is 4.98. The molecule has 0 fully saturated rings. The molecule has 112 valence electrons. The lowest BCUT2D eigenvalue weighted by molar-refractivity contribution is 0.356. The first-order valence-corrected chi connectivity index (χ1v) is 7.06. The molecule has 0 aromatic heterocycles. The Morgan fingerprint density at radius 2 is 1.45 bits per heavy atom. The summed E-state index contributed by atoms with van der Waals surface area (Å²) < 4.78 is 16.2. The van der Waals surface area contributed by atoms with E-state index in [9.17, 15) is 0 Å². The Hall–Kier alpha value is -2.68. The fourth-order valence-electron chi connectivity index (χ4n) is 2.63. The second kappa shape index (κ2) is 5.98. The van der Waals surface area contributed by atoms with Gasteiger partial charge in [0.15, 0.2) is 11.5 Å². The summed E-state index contributed by atoms with van der Waals surface area (Å²) in [6, 6.07) is 18.3. The van der Waals surface area contributed by atoms with Crippen molar-refractivity contribution >= 4 is 10.8 Å². The largest absolute Gasteiger partial charge is 0.497 e. The van der Waals surface area contributed by atoms with E-state index in [0.717, 1.165) is 39.1 Å². The number of rotatable bonds is 4. The monoisotopic (exact) mass is 294 g/mol. The summed E-state index contributed by atoms with van der Waals surface area (Å²) in [5, 5.41) is 2.30. The van der Waals surface area contributed by atoms with Crippen molar-refractivity contribution in [3.63, 3.8) is 0 Å². The number of benzene rings is 3. The van der Waals surface area contributed by atoms with Gasteiger partial charge in [0.25, 0.3) is 0 Å². The lowest BCUT2D eigenvalue weighted by Crippen LogP contribution is -1.93. The van der Waals surface area contributed by atoms with Crippen molar-refractivity contribution in [3.8, 4) is 28.4 Å². The quantitative estimate of drug-likeness (QED) is 0.707. The average Bonchev–Trinajstić information content (AvgIpc) is 2.59. The molecule has 0 N–H and O–H groups in total. The van der Waals surface area contributed by atoms with E-state index < -0.39 is 0 Å². The van der Waals surface area contributed by atoms with Gasteiger partial charge in [-0.05, 0) is 40.6 Å². The van der Waals surface area contributed by atoms with E-state index in [0.29, 0.717) is 0 Å². The molecule has 3 rings (SSSR count). The fraction of sp³-hybridized carbons (Fsp3) is 0.158. The smallest absolute Gasteiger partial charge is 0.168 e. The summed E-state index contributed by atoms with van der Waals surface area (Å²) in [5.41, 5.74) is 2.10. The standard InChI is InChI=1S/C19H18O3/c1-20-16-10-9-13-11-15(8-7-14(13)12-16)17-5-4-6-18(21-2)19(17)22-3/h4-12H,1-3H3. The van der Waals surface area contributed by atoms with Gasteiger partial charge in [0.05, 0.1) is 21.3 Å². The molecular weight excluding hydrogens is 276 g/mol. The third-order valence-corrected chi connectivity index (χ3v) is 3.76. The molecule has 0 aliphatic heterocycles. The van der Waals surface area contributed by atoms with Gasteiger partial charge >= 0.3 is 0 Å². The summed E-state index contributed by atoms with van der Waals surface area (Å²) in [6.45, 7) is 0. The molecule has 3 aromatic carbocycles. The van der Waals surface area contributed by atoms with Gasteiger partial charge in [-0.25, -0.2) is 0 Å². The van der Waals surface area contributed by atoms with Gasteiger partial charge in [0.2, 0.25) is 0 Å². The van der Waals surface area contributed by atoms with Crippen LogP contribution >= 0.6 is 0 Å². The second-order valence-corrected chi connectivity index (χ2v) is 4.97. The lowest BCUT2D eigenvalue weighted by Gasteiger charge is -2.13. The zero-order valence-corrected chi connectivity index (χ0v) is 12.9. The van der Waals surface area contributed by atoms with Gasteiger partial charge in [0, 0.05) is 5.56 Å². The molecule has 0 aliphatic carbocycles. The van der Waals surface area contributed by atoms with Gasteiger partial charge < -0.3 is 14.2 Å². The van der Waals surface area contributed by atoms with E-state index in [2.05, 4.69) is 24.3 Å². The first kappa shape index (κ1) is 14.3. The first-order valence-electron chi connectivity index (χ1n) is 7.06. The molecule has 0 aliphatic rings. The number of fused-ring (bicyclic) bond motifs is 1. The Kier molecular flexibility index (Phi) is 3.88. The van der Waals surface area contributed by atoms with Crippen LogP contribution in [0.2, 0.25) is 0 Å². The second-order valence-electron chi connectivity index (χ2n) is 4.97. The van der Waals surface area contributed by atoms with Crippen LogP contribution in [0.15, 0.2) is 54.6 Å². The highest BCUT2D eigenvalue weighted by Gasteiger charge is 2.11. The molecule has 0 spiro atoms. The summed E-state index contributed by atoms with van der Waals surface area (Å²) in [5.74, 6) is 2.34. The zero-order chi connectivity index (χ0) is 15.5. The van der Waals surface area contributed by atoms with Gasteiger partial charge in [-0.1, -0.05) is 30.3 Å². The first-order chi connectivity index (χ1) is 10.8. The van der Waals surface area contributed by atoms with E-state index in [1.54, 1.807) is 21.3 Å². The number of hydrogen-bond acceptors (Lipinski definition) is 3. The predicted octanol–water partition coefficient (Wildman–Crippen LogP) is 4.53. The van der Waals surface area contributed by atoms with Crippen LogP contribution in [0.4, 0.5) is 0 Å². The minimum absolute atomic E-state index is 0.731. The van der Waals surface area contributed by atoms with Gasteiger partial charge in [-0.3, -0.25) is 0 Å². The Morgan fingerprint density at radius 3 is 2.18 bits per heavy atom. The molecule has 3 aromatic rings. The maximum atomic E-state index is 5.53. The van der Waals surface area contributed by atoms with Crippen molar-refractivity contribution < 1.29 is 14.2 Å². The van der Waals surface area contributed by atoms with E-state index in [1.165, 1.54) is 0 Å². The predicted molar refractivity (Wildman–Crippen MR) is 89.0 cm³/mol. The summed E-state index contributed by atoms with van der Waals surface area (Å²) in [6.07, 6.45) is 0. The molecule has 0 atom stereocenters. The SMILES string of the molecule is COc1ccc2cc(-c3cccc(OC)c3OC)ccc2c1. The fourth-order valence-corrected chi connectivity index (χ4v) is 2.63. The van der Waals surface area contributed by atoms with Crippen molar-refractivity contribution in [3.05, 3.63) is 54.6 Å². The zero-order valence-electron chi connectivity index (χ0n) is 12.9. The van der Waals surface area contributed by atoms with Crippen LogP contribution in [-0.2, 0) is 0 Å².